The van der Waals surface area contributed by atoms with Gasteiger partial charge in [0.2, 0.25) is 0 Å². The van der Waals surface area contributed by atoms with Gasteiger partial charge in [-0.05, 0) is 49.4 Å². The van der Waals surface area contributed by atoms with E-state index < -0.39 is 5.63 Å². The van der Waals surface area contributed by atoms with E-state index in [0.717, 1.165) is 50.3 Å². The summed E-state index contributed by atoms with van der Waals surface area (Å²) in [5.41, 5.74) is 1.14. The number of benzene rings is 2. The van der Waals surface area contributed by atoms with Crippen LogP contribution in [0.5, 0.6) is 5.75 Å². The van der Waals surface area contributed by atoms with Crippen molar-refractivity contribution in [2.24, 2.45) is 0 Å². The van der Waals surface area contributed by atoms with Gasteiger partial charge in [-0.15, -0.1) is 0 Å². The molecule has 162 valence electrons. The molecule has 2 heterocycles. The molecule has 0 bridgehead atoms. The Morgan fingerprint density at radius 3 is 2.55 bits per heavy atom. The number of amides is 1. The number of rotatable bonds is 7. The lowest BCUT2D eigenvalue weighted by Crippen LogP contribution is -2.47. The van der Waals surface area contributed by atoms with E-state index in [4.69, 9.17) is 9.15 Å². The zero-order chi connectivity index (χ0) is 21.6. The molecule has 4 rings (SSSR count). The van der Waals surface area contributed by atoms with E-state index in [1.165, 1.54) is 5.69 Å². The van der Waals surface area contributed by atoms with Crippen molar-refractivity contribution >= 4 is 22.6 Å². The number of methoxy groups -OCH3 is 1. The van der Waals surface area contributed by atoms with Gasteiger partial charge in [-0.25, -0.2) is 4.79 Å². The standard InChI is InChI=1S/C24H27N3O4/c1-30-20-9-7-19(8-10-20)27-15-13-26(14-16-27)12-4-11-25-23(28)21-17-18-5-2-3-6-22(18)31-24(21)29/h2-3,5-10,17H,4,11-16H2,1H3,(H,25,28). The first kappa shape index (κ1) is 20.9. The van der Waals surface area contributed by atoms with Crippen molar-refractivity contribution in [2.75, 3.05) is 51.3 Å². The van der Waals surface area contributed by atoms with Crippen molar-refractivity contribution in [3.8, 4) is 5.75 Å². The molecule has 0 saturated carbocycles. The summed E-state index contributed by atoms with van der Waals surface area (Å²) in [6, 6.07) is 16.9. The first-order valence-corrected chi connectivity index (χ1v) is 10.6. The number of carbonyl (C=O) groups is 1. The third-order valence-electron chi connectivity index (χ3n) is 5.63. The predicted molar refractivity (Wildman–Crippen MR) is 121 cm³/mol. The van der Waals surface area contributed by atoms with Gasteiger partial charge in [-0.2, -0.15) is 0 Å². The number of carbonyl (C=O) groups excluding carboxylic acids is 1. The van der Waals surface area contributed by atoms with E-state index in [2.05, 4.69) is 27.2 Å². The Morgan fingerprint density at radius 1 is 1.06 bits per heavy atom. The highest BCUT2D eigenvalue weighted by atomic mass is 16.5. The van der Waals surface area contributed by atoms with Gasteiger partial charge >= 0.3 is 5.63 Å². The van der Waals surface area contributed by atoms with Crippen LogP contribution >= 0.6 is 0 Å². The molecule has 2 aromatic carbocycles. The summed E-state index contributed by atoms with van der Waals surface area (Å²) in [6.45, 7) is 5.32. The summed E-state index contributed by atoms with van der Waals surface area (Å²) >= 11 is 0. The molecule has 3 aromatic rings. The van der Waals surface area contributed by atoms with Crippen molar-refractivity contribution in [1.82, 2.24) is 10.2 Å². The van der Waals surface area contributed by atoms with Crippen LogP contribution in [0.3, 0.4) is 0 Å². The van der Waals surface area contributed by atoms with Crippen LogP contribution in [0.15, 0.2) is 63.8 Å². The maximum atomic E-state index is 12.4. The third-order valence-corrected chi connectivity index (χ3v) is 5.63. The van der Waals surface area contributed by atoms with Crippen LogP contribution in [-0.2, 0) is 0 Å². The number of anilines is 1. The highest BCUT2D eigenvalue weighted by molar-refractivity contribution is 5.96. The molecule has 1 aliphatic heterocycles. The highest BCUT2D eigenvalue weighted by Crippen LogP contribution is 2.20. The fraction of sp³-hybridized carbons (Fsp3) is 0.333. The van der Waals surface area contributed by atoms with Crippen LogP contribution in [0.2, 0.25) is 0 Å². The minimum absolute atomic E-state index is 0.0480. The lowest BCUT2D eigenvalue weighted by Gasteiger charge is -2.36. The first-order chi connectivity index (χ1) is 15.1. The van der Waals surface area contributed by atoms with Gasteiger partial charge in [0, 0.05) is 43.8 Å². The van der Waals surface area contributed by atoms with E-state index in [0.29, 0.717) is 12.1 Å². The molecule has 1 saturated heterocycles. The third kappa shape index (κ3) is 5.06. The van der Waals surface area contributed by atoms with Crippen molar-refractivity contribution in [3.63, 3.8) is 0 Å². The maximum Gasteiger partial charge on any atom is 0.349 e. The zero-order valence-electron chi connectivity index (χ0n) is 17.7. The molecule has 1 aromatic heterocycles. The highest BCUT2D eigenvalue weighted by Gasteiger charge is 2.17. The largest absolute Gasteiger partial charge is 0.497 e. The van der Waals surface area contributed by atoms with Crippen LogP contribution in [0.25, 0.3) is 11.0 Å². The summed E-state index contributed by atoms with van der Waals surface area (Å²) in [7, 11) is 1.67. The molecule has 1 fully saturated rings. The molecule has 7 nitrogen and oxygen atoms in total. The van der Waals surface area contributed by atoms with Gasteiger partial charge < -0.3 is 19.4 Å². The molecular weight excluding hydrogens is 394 g/mol. The van der Waals surface area contributed by atoms with Crippen LogP contribution < -0.4 is 20.6 Å². The van der Waals surface area contributed by atoms with E-state index in [9.17, 15) is 9.59 Å². The van der Waals surface area contributed by atoms with Gasteiger partial charge in [-0.1, -0.05) is 18.2 Å². The van der Waals surface area contributed by atoms with Crippen molar-refractivity contribution in [3.05, 3.63) is 70.6 Å². The minimum Gasteiger partial charge on any atom is -0.497 e. The molecule has 0 aliphatic carbocycles. The average Bonchev–Trinajstić information content (AvgIpc) is 2.81. The van der Waals surface area contributed by atoms with Gasteiger partial charge in [0.15, 0.2) is 0 Å². The lowest BCUT2D eigenvalue weighted by molar-refractivity contribution is 0.0948. The van der Waals surface area contributed by atoms with Gasteiger partial charge in [0.1, 0.15) is 16.9 Å². The molecule has 0 atom stereocenters. The van der Waals surface area contributed by atoms with Crippen molar-refractivity contribution in [2.45, 2.75) is 6.42 Å². The number of nitrogens with one attached hydrogen (secondary N) is 1. The summed E-state index contributed by atoms with van der Waals surface area (Å²) < 4.78 is 10.5. The summed E-state index contributed by atoms with van der Waals surface area (Å²) in [6.07, 6.45) is 0.827. The Kier molecular flexibility index (Phi) is 6.52. The first-order valence-electron chi connectivity index (χ1n) is 10.6. The minimum atomic E-state index is -0.606. The number of hydrogen-bond donors (Lipinski definition) is 1. The summed E-state index contributed by atoms with van der Waals surface area (Å²) in [5, 5.41) is 3.58. The second-order valence-electron chi connectivity index (χ2n) is 7.62. The Balaban J connectivity index is 1.21. The van der Waals surface area contributed by atoms with Gasteiger partial charge in [0.25, 0.3) is 5.91 Å². The van der Waals surface area contributed by atoms with Crippen molar-refractivity contribution in [1.29, 1.82) is 0 Å². The molecule has 1 aliphatic rings. The Labute approximate surface area is 181 Å². The molecule has 0 spiro atoms. The number of ether oxygens (including phenoxy) is 1. The Hall–Kier alpha value is -3.32. The molecule has 0 unspecified atom stereocenters. The van der Waals surface area contributed by atoms with E-state index in [-0.39, 0.29) is 11.5 Å². The summed E-state index contributed by atoms with van der Waals surface area (Å²) in [4.78, 5) is 29.3. The number of fused-ring (bicyclic) bond motifs is 1. The number of para-hydroxylation sites is 1. The van der Waals surface area contributed by atoms with Gasteiger partial charge in [-0.3, -0.25) is 9.69 Å². The SMILES string of the molecule is COc1ccc(N2CCN(CCCNC(=O)c3cc4ccccc4oc3=O)CC2)cc1. The van der Waals surface area contributed by atoms with Crippen LogP contribution in [-0.4, -0.2) is 57.2 Å². The second kappa shape index (κ2) is 9.66. The fourth-order valence-electron chi connectivity index (χ4n) is 3.84. The normalized spacial score (nSPS) is 14.5. The topological polar surface area (TPSA) is 75.0 Å². The van der Waals surface area contributed by atoms with E-state index >= 15 is 0 Å². The van der Waals surface area contributed by atoms with Crippen molar-refractivity contribution < 1.29 is 13.9 Å². The zero-order valence-corrected chi connectivity index (χ0v) is 17.7. The number of hydrogen-bond acceptors (Lipinski definition) is 6. The molecule has 1 N–H and O–H groups in total. The Bertz CT molecular complexity index is 1090. The van der Waals surface area contributed by atoms with E-state index in [1.807, 2.05) is 24.3 Å². The van der Waals surface area contributed by atoms with Gasteiger partial charge in [0.05, 0.1) is 7.11 Å². The smallest absolute Gasteiger partial charge is 0.349 e. The molecule has 1 amide bonds. The number of nitrogens with zero attached hydrogens (tertiary/aromatic N) is 2. The molecule has 31 heavy (non-hydrogen) atoms. The summed E-state index contributed by atoms with van der Waals surface area (Å²) in [5.74, 6) is 0.481. The molecular formula is C24H27N3O4. The van der Waals surface area contributed by atoms with Crippen LogP contribution in [0.1, 0.15) is 16.8 Å². The lowest BCUT2D eigenvalue weighted by atomic mass is 10.2. The quantitative estimate of drug-likeness (QED) is 0.467. The Morgan fingerprint density at radius 2 is 1.81 bits per heavy atom. The molecule has 0 radical (unpaired) electrons. The predicted octanol–water partition coefficient (Wildman–Crippen LogP) is 2.74. The number of piperazine rings is 1. The second-order valence-corrected chi connectivity index (χ2v) is 7.62. The monoisotopic (exact) mass is 421 g/mol. The van der Waals surface area contributed by atoms with Crippen LogP contribution in [0, 0.1) is 0 Å². The van der Waals surface area contributed by atoms with Crippen LogP contribution in [0.4, 0.5) is 5.69 Å². The molecule has 7 heteroatoms. The fourth-order valence-corrected chi connectivity index (χ4v) is 3.84. The average molecular weight is 421 g/mol. The maximum absolute atomic E-state index is 12.4. The van der Waals surface area contributed by atoms with E-state index in [1.54, 1.807) is 25.3 Å².